The van der Waals surface area contributed by atoms with E-state index in [0.717, 1.165) is 6.07 Å². The molecule has 7 nitrogen and oxygen atoms in total. The van der Waals surface area contributed by atoms with Crippen molar-refractivity contribution in [1.82, 2.24) is 15.3 Å². The highest BCUT2D eigenvalue weighted by Gasteiger charge is 2.43. The molecule has 2 aliphatic rings. The minimum absolute atomic E-state index is 0.0406. The summed E-state index contributed by atoms with van der Waals surface area (Å²) < 4.78 is 72.3. The molecular weight excluding hydrogens is 475 g/mol. The minimum Gasteiger partial charge on any atom is -0.490 e. The molecule has 3 unspecified atom stereocenters. The zero-order chi connectivity index (χ0) is 25.6. The Hall–Kier alpha value is -2.57. The van der Waals surface area contributed by atoms with Crippen LogP contribution in [0.1, 0.15) is 49.9 Å². The summed E-state index contributed by atoms with van der Waals surface area (Å²) in [6.45, 7) is 3.40. The van der Waals surface area contributed by atoms with Crippen LogP contribution in [0.2, 0.25) is 0 Å². The first kappa shape index (κ1) is 25.5. The van der Waals surface area contributed by atoms with E-state index in [4.69, 9.17) is 4.74 Å². The van der Waals surface area contributed by atoms with E-state index in [1.807, 2.05) is 6.92 Å². The normalized spacial score (nSPS) is 26.5. The van der Waals surface area contributed by atoms with Gasteiger partial charge in [-0.25, -0.2) is 13.8 Å². The molecule has 3 atom stereocenters. The quantitative estimate of drug-likeness (QED) is 0.522. The number of rotatable bonds is 6. The number of anilines is 1. The van der Waals surface area contributed by atoms with E-state index in [2.05, 4.69) is 15.3 Å². The van der Waals surface area contributed by atoms with Gasteiger partial charge in [-0.3, -0.25) is 4.98 Å². The highest BCUT2D eigenvalue weighted by Crippen LogP contribution is 2.40. The lowest BCUT2D eigenvalue weighted by molar-refractivity contribution is -0.137. The zero-order valence-corrected chi connectivity index (χ0v) is 19.2. The summed E-state index contributed by atoms with van der Waals surface area (Å²) in [4.78, 5) is 9.01. The number of hydrogen-bond acceptors (Lipinski definition) is 7. The number of alkyl halides is 5. The number of pyridine rings is 2. The zero-order valence-electron chi connectivity index (χ0n) is 19.2. The van der Waals surface area contributed by atoms with Crippen LogP contribution in [0.5, 0.6) is 5.75 Å². The number of aliphatic hydroxyl groups is 2. The average Bonchev–Trinajstić information content (AvgIpc) is 2.75. The van der Waals surface area contributed by atoms with E-state index in [0.29, 0.717) is 12.0 Å². The number of ether oxygens (including phenoxy) is 1. The van der Waals surface area contributed by atoms with Crippen LogP contribution in [-0.2, 0) is 11.8 Å². The molecule has 2 aromatic heterocycles. The fraction of sp³-hybridized carbons (Fsp3) is 0.565. The molecule has 0 aromatic carbocycles. The smallest absolute Gasteiger partial charge is 0.420 e. The van der Waals surface area contributed by atoms with E-state index in [1.54, 1.807) is 0 Å². The van der Waals surface area contributed by atoms with Crippen LogP contribution in [0.15, 0.2) is 30.6 Å². The van der Waals surface area contributed by atoms with E-state index >= 15 is 0 Å². The molecule has 0 spiro atoms. The van der Waals surface area contributed by atoms with Crippen molar-refractivity contribution in [2.24, 2.45) is 0 Å². The second-order valence-electron chi connectivity index (χ2n) is 9.68. The first-order valence-corrected chi connectivity index (χ1v) is 11.2. The molecule has 2 saturated heterocycles. The van der Waals surface area contributed by atoms with Crippen molar-refractivity contribution in [3.8, 4) is 5.75 Å². The third-order valence-corrected chi connectivity index (χ3v) is 6.26. The van der Waals surface area contributed by atoms with Crippen molar-refractivity contribution in [2.75, 3.05) is 24.6 Å². The lowest BCUT2D eigenvalue weighted by Crippen LogP contribution is -2.60. The first-order valence-electron chi connectivity index (χ1n) is 11.2. The van der Waals surface area contributed by atoms with Gasteiger partial charge in [0.05, 0.1) is 17.4 Å². The summed E-state index contributed by atoms with van der Waals surface area (Å²) in [6, 6.07) is 2.84. The fourth-order valence-electron chi connectivity index (χ4n) is 4.77. The molecule has 12 heteroatoms. The van der Waals surface area contributed by atoms with Gasteiger partial charge in [0.1, 0.15) is 29.4 Å². The van der Waals surface area contributed by atoms with E-state index < -0.39 is 41.1 Å². The van der Waals surface area contributed by atoms with Crippen LogP contribution in [0.25, 0.3) is 0 Å². The molecule has 0 aliphatic carbocycles. The van der Waals surface area contributed by atoms with Gasteiger partial charge in [0.15, 0.2) is 0 Å². The monoisotopic (exact) mass is 502 g/mol. The standard InChI is InChI=1S/C23H27F5N4O3/c1-13-6-22(34,14-3-4-18(19(24)25)29-8-14)7-15(31-13)10-35-16-5-17(23(26,27)28)20(30-9-16)32-11-21(2,33)12-32/h3-5,8-9,13,15,19,31,33-34H,6-7,10-12H2,1-2H3. The Labute approximate surface area is 198 Å². The predicted octanol–water partition coefficient (Wildman–Crippen LogP) is 3.41. The van der Waals surface area contributed by atoms with Crippen molar-refractivity contribution in [2.45, 2.75) is 62.6 Å². The Balaban J connectivity index is 1.46. The maximum atomic E-state index is 13.7. The van der Waals surface area contributed by atoms with Crippen molar-refractivity contribution in [3.05, 3.63) is 47.4 Å². The maximum Gasteiger partial charge on any atom is 0.420 e. The fourth-order valence-corrected chi connectivity index (χ4v) is 4.77. The third kappa shape index (κ3) is 5.65. The summed E-state index contributed by atoms with van der Waals surface area (Å²) >= 11 is 0. The second kappa shape index (κ2) is 9.14. The molecule has 0 bridgehead atoms. The molecule has 192 valence electrons. The molecule has 0 amide bonds. The van der Waals surface area contributed by atoms with Crippen LogP contribution < -0.4 is 15.0 Å². The number of hydrogen-bond donors (Lipinski definition) is 3. The molecule has 0 saturated carbocycles. The number of β-amino-alcohol motifs (C(OH)–C–C–N with tert-alkyl or cyclic N) is 1. The molecule has 3 N–H and O–H groups in total. The molecular formula is C23H27F5N4O3. The van der Waals surface area contributed by atoms with Crippen molar-refractivity contribution < 1.29 is 36.9 Å². The Morgan fingerprint density at radius 1 is 1.17 bits per heavy atom. The number of piperidine rings is 1. The molecule has 2 fully saturated rings. The highest BCUT2D eigenvalue weighted by atomic mass is 19.4. The van der Waals surface area contributed by atoms with Gasteiger partial charge in [-0.2, -0.15) is 13.2 Å². The first-order chi connectivity index (χ1) is 16.3. The molecule has 4 rings (SSSR count). The number of aromatic nitrogens is 2. The Morgan fingerprint density at radius 3 is 2.46 bits per heavy atom. The maximum absolute atomic E-state index is 13.7. The average molecular weight is 502 g/mol. The van der Waals surface area contributed by atoms with Gasteiger partial charge in [0, 0.05) is 36.9 Å². The van der Waals surface area contributed by atoms with E-state index in [9.17, 15) is 32.2 Å². The van der Waals surface area contributed by atoms with Crippen LogP contribution >= 0.6 is 0 Å². The summed E-state index contributed by atoms with van der Waals surface area (Å²) in [7, 11) is 0. The van der Waals surface area contributed by atoms with Gasteiger partial charge >= 0.3 is 6.18 Å². The van der Waals surface area contributed by atoms with Gasteiger partial charge in [-0.15, -0.1) is 0 Å². The SMILES string of the molecule is CC1CC(O)(c2ccc(C(F)F)nc2)CC(COc2cnc(N3CC(C)(O)C3)c(C(F)(F)F)c2)N1. The summed E-state index contributed by atoms with van der Waals surface area (Å²) in [5, 5.41) is 24.3. The number of halogens is 5. The van der Waals surface area contributed by atoms with Crippen LogP contribution in [0, 0.1) is 0 Å². The van der Waals surface area contributed by atoms with Gasteiger partial charge in [0.25, 0.3) is 6.43 Å². The predicted molar refractivity (Wildman–Crippen MR) is 116 cm³/mol. The van der Waals surface area contributed by atoms with Crippen LogP contribution in [0.4, 0.5) is 27.8 Å². The summed E-state index contributed by atoms with van der Waals surface area (Å²) in [5.41, 5.74) is -3.39. The largest absolute Gasteiger partial charge is 0.490 e. The number of nitrogens with one attached hydrogen (secondary N) is 1. The van der Waals surface area contributed by atoms with E-state index in [1.165, 1.54) is 36.4 Å². The lowest BCUT2D eigenvalue weighted by Gasteiger charge is -2.45. The summed E-state index contributed by atoms with van der Waals surface area (Å²) in [5.74, 6) is -0.352. The van der Waals surface area contributed by atoms with Crippen molar-refractivity contribution in [1.29, 1.82) is 0 Å². The van der Waals surface area contributed by atoms with Crippen molar-refractivity contribution >= 4 is 5.82 Å². The van der Waals surface area contributed by atoms with Gasteiger partial charge in [-0.05, 0) is 38.8 Å². The summed E-state index contributed by atoms with van der Waals surface area (Å²) in [6.07, 6.45) is -4.52. The van der Waals surface area contributed by atoms with Crippen LogP contribution in [-0.4, -0.2) is 57.6 Å². The van der Waals surface area contributed by atoms with Crippen LogP contribution in [0.3, 0.4) is 0 Å². The number of nitrogens with zero attached hydrogens (tertiary/aromatic N) is 3. The van der Waals surface area contributed by atoms with Gasteiger partial charge in [-0.1, -0.05) is 6.07 Å². The minimum atomic E-state index is -4.67. The third-order valence-electron chi connectivity index (χ3n) is 6.26. The molecule has 0 radical (unpaired) electrons. The lowest BCUT2D eigenvalue weighted by atomic mass is 9.79. The molecule has 2 aromatic rings. The Kier molecular flexibility index (Phi) is 6.66. The van der Waals surface area contributed by atoms with Gasteiger partial charge in [0.2, 0.25) is 0 Å². The second-order valence-corrected chi connectivity index (χ2v) is 9.68. The molecule has 35 heavy (non-hydrogen) atoms. The highest BCUT2D eigenvalue weighted by molar-refractivity contribution is 5.54. The Bertz CT molecular complexity index is 1040. The Morgan fingerprint density at radius 2 is 1.89 bits per heavy atom. The van der Waals surface area contributed by atoms with E-state index in [-0.39, 0.29) is 43.7 Å². The molecule has 4 heterocycles. The molecule has 2 aliphatic heterocycles. The topological polar surface area (TPSA) is 90.7 Å². The van der Waals surface area contributed by atoms with Crippen molar-refractivity contribution in [3.63, 3.8) is 0 Å². The van der Waals surface area contributed by atoms with Gasteiger partial charge < -0.3 is 25.2 Å².